The van der Waals surface area contributed by atoms with Gasteiger partial charge in [-0.2, -0.15) is 0 Å². The van der Waals surface area contributed by atoms with E-state index in [2.05, 4.69) is 32.7 Å². The standard InChI is InChI=1S/C17H34N2/c1-13-9-7-11-17(12-18,15(13)3)19(4)16-10-6-5-8-14(16)2/h13-16H,5-12,18H2,1-4H3. The number of hydrogen-bond donors (Lipinski definition) is 1. The first-order valence-electron chi connectivity index (χ1n) is 8.46. The molecule has 2 aliphatic rings. The number of hydrogen-bond acceptors (Lipinski definition) is 2. The first kappa shape index (κ1) is 15.3. The summed E-state index contributed by atoms with van der Waals surface area (Å²) in [6, 6.07) is 0.755. The average Bonchev–Trinajstić information content (AvgIpc) is 2.42. The van der Waals surface area contributed by atoms with Crippen LogP contribution in [0.5, 0.6) is 0 Å². The van der Waals surface area contributed by atoms with Gasteiger partial charge in [0.1, 0.15) is 0 Å². The Balaban J connectivity index is 2.19. The van der Waals surface area contributed by atoms with Gasteiger partial charge in [0.2, 0.25) is 0 Å². The summed E-state index contributed by atoms with van der Waals surface area (Å²) in [5, 5.41) is 0. The third-order valence-corrected chi connectivity index (χ3v) is 6.59. The van der Waals surface area contributed by atoms with E-state index in [1.165, 1.54) is 44.9 Å². The highest BCUT2D eigenvalue weighted by atomic mass is 15.2. The van der Waals surface area contributed by atoms with E-state index in [0.29, 0.717) is 0 Å². The third-order valence-electron chi connectivity index (χ3n) is 6.59. The lowest BCUT2D eigenvalue weighted by Crippen LogP contribution is -2.63. The number of rotatable bonds is 3. The Labute approximate surface area is 120 Å². The summed E-state index contributed by atoms with van der Waals surface area (Å²) in [5.74, 6) is 2.38. The zero-order valence-corrected chi connectivity index (χ0v) is 13.5. The van der Waals surface area contributed by atoms with Gasteiger partial charge >= 0.3 is 0 Å². The van der Waals surface area contributed by atoms with Gasteiger partial charge in [0, 0.05) is 18.1 Å². The Bertz CT molecular complexity index is 291. The van der Waals surface area contributed by atoms with Crippen LogP contribution in [0, 0.1) is 17.8 Å². The van der Waals surface area contributed by atoms with Crippen LogP contribution in [-0.2, 0) is 0 Å². The predicted octanol–water partition coefficient (Wildman–Crippen LogP) is 3.65. The molecule has 0 bridgehead atoms. The van der Waals surface area contributed by atoms with Gasteiger partial charge in [0.15, 0.2) is 0 Å². The maximum Gasteiger partial charge on any atom is 0.0359 e. The molecule has 2 nitrogen and oxygen atoms in total. The molecule has 0 aliphatic heterocycles. The van der Waals surface area contributed by atoms with Gasteiger partial charge in [-0.25, -0.2) is 0 Å². The molecule has 0 aromatic rings. The molecule has 5 unspecified atom stereocenters. The van der Waals surface area contributed by atoms with Crippen molar-refractivity contribution >= 4 is 0 Å². The molecular formula is C17H34N2. The summed E-state index contributed by atoms with van der Waals surface area (Å²) in [7, 11) is 2.37. The van der Waals surface area contributed by atoms with Crippen molar-refractivity contribution in [3.63, 3.8) is 0 Å². The van der Waals surface area contributed by atoms with Crippen LogP contribution in [0.4, 0.5) is 0 Å². The number of nitrogens with two attached hydrogens (primary N) is 1. The van der Waals surface area contributed by atoms with E-state index in [-0.39, 0.29) is 5.54 Å². The predicted molar refractivity (Wildman–Crippen MR) is 83.1 cm³/mol. The molecule has 0 radical (unpaired) electrons. The zero-order chi connectivity index (χ0) is 14.0. The summed E-state index contributed by atoms with van der Waals surface area (Å²) in [6.07, 6.45) is 9.65. The summed E-state index contributed by atoms with van der Waals surface area (Å²) in [6.45, 7) is 8.15. The van der Waals surface area contributed by atoms with Gasteiger partial charge < -0.3 is 5.73 Å². The molecule has 2 saturated carbocycles. The first-order valence-corrected chi connectivity index (χ1v) is 8.46. The largest absolute Gasteiger partial charge is 0.329 e. The highest BCUT2D eigenvalue weighted by molar-refractivity contribution is 5.02. The van der Waals surface area contributed by atoms with Crippen molar-refractivity contribution in [1.29, 1.82) is 0 Å². The highest BCUT2D eigenvalue weighted by Gasteiger charge is 2.46. The number of nitrogens with zero attached hydrogens (tertiary/aromatic N) is 1. The second kappa shape index (κ2) is 6.13. The van der Waals surface area contributed by atoms with E-state index in [0.717, 1.165) is 30.3 Å². The molecule has 0 amide bonds. The Morgan fingerprint density at radius 1 is 1.00 bits per heavy atom. The summed E-state index contributed by atoms with van der Waals surface area (Å²) in [5.41, 5.74) is 6.56. The Kier molecular flexibility index (Phi) is 4.94. The van der Waals surface area contributed by atoms with Gasteiger partial charge in [0.25, 0.3) is 0 Å². The SMILES string of the molecule is CC1CCCCC1N(C)C1(CN)CCCC(C)C1C. The molecule has 2 aliphatic carbocycles. The Hall–Kier alpha value is -0.0800. The zero-order valence-electron chi connectivity index (χ0n) is 13.5. The van der Waals surface area contributed by atoms with Crippen molar-refractivity contribution in [2.75, 3.05) is 13.6 Å². The fourth-order valence-electron chi connectivity index (χ4n) is 4.87. The maximum atomic E-state index is 6.30. The van der Waals surface area contributed by atoms with Crippen LogP contribution in [-0.4, -0.2) is 30.1 Å². The van der Waals surface area contributed by atoms with Gasteiger partial charge in [-0.15, -0.1) is 0 Å². The molecule has 0 aromatic carbocycles. The van der Waals surface area contributed by atoms with Crippen LogP contribution in [0.2, 0.25) is 0 Å². The van der Waals surface area contributed by atoms with Crippen molar-refractivity contribution in [2.45, 2.75) is 77.3 Å². The smallest absolute Gasteiger partial charge is 0.0359 e. The third kappa shape index (κ3) is 2.71. The van der Waals surface area contributed by atoms with Gasteiger partial charge in [0.05, 0.1) is 0 Å². The second-order valence-electron chi connectivity index (χ2n) is 7.41. The maximum absolute atomic E-state index is 6.30. The average molecular weight is 266 g/mol. The molecule has 0 saturated heterocycles. The molecule has 112 valence electrons. The molecule has 2 heteroatoms. The van der Waals surface area contributed by atoms with E-state index in [1.54, 1.807) is 0 Å². The van der Waals surface area contributed by atoms with Crippen molar-refractivity contribution in [3.05, 3.63) is 0 Å². The van der Waals surface area contributed by atoms with Crippen molar-refractivity contribution in [1.82, 2.24) is 4.90 Å². The highest BCUT2D eigenvalue weighted by Crippen LogP contribution is 2.43. The molecule has 2 rings (SSSR count). The molecule has 0 aromatic heterocycles. The van der Waals surface area contributed by atoms with Crippen LogP contribution >= 0.6 is 0 Å². The molecule has 2 N–H and O–H groups in total. The van der Waals surface area contributed by atoms with Crippen LogP contribution in [0.15, 0.2) is 0 Å². The normalized spacial score (nSPS) is 44.5. The van der Waals surface area contributed by atoms with Crippen molar-refractivity contribution < 1.29 is 0 Å². The lowest BCUT2D eigenvalue weighted by atomic mass is 9.66. The van der Waals surface area contributed by atoms with E-state index in [4.69, 9.17) is 5.73 Å². The minimum absolute atomic E-state index is 0.258. The van der Waals surface area contributed by atoms with Gasteiger partial charge in [-0.3, -0.25) is 4.90 Å². The monoisotopic (exact) mass is 266 g/mol. The summed E-state index contributed by atoms with van der Waals surface area (Å²) < 4.78 is 0. The lowest BCUT2D eigenvalue weighted by Gasteiger charge is -2.55. The minimum Gasteiger partial charge on any atom is -0.329 e. The quantitative estimate of drug-likeness (QED) is 0.845. The van der Waals surface area contributed by atoms with Crippen molar-refractivity contribution in [2.24, 2.45) is 23.5 Å². The second-order valence-corrected chi connectivity index (χ2v) is 7.41. The Morgan fingerprint density at radius 2 is 1.63 bits per heavy atom. The van der Waals surface area contributed by atoms with Gasteiger partial charge in [-0.05, 0) is 44.1 Å². The van der Waals surface area contributed by atoms with E-state index in [1.807, 2.05) is 0 Å². The molecule has 2 fully saturated rings. The molecule has 5 atom stereocenters. The van der Waals surface area contributed by atoms with Crippen molar-refractivity contribution in [3.8, 4) is 0 Å². The molecule has 19 heavy (non-hydrogen) atoms. The van der Waals surface area contributed by atoms with Crippen LogP contribution in [0.3, 0.4) is 0 Å². The topological polar surface area (TPSA) is 29.3 Å². The summed E-state index contributed by atoms with van der Waals surface area (Å²) in [4.78, 5) is 2.72. The van der Waals surface area contributed by atoms with Crippen LogP contribution in [0.25, 0.3) is 0 Å². The number of likely N-dealkylation sites (N-methyl/N-ethyl adjacent to an activating group) is 1. The minimum atomic E-state index is 0.258. The van der Waals surface area contributed by atoms with Gasteiger partial charge in [-0.1, -0.05) is 46.5 Å². The Morgan fingerprint density at radius 3 is 2.26 bits per heavy atom. The van der Waals surface area contributed by atoms with E-state index >= 15 is 0 Å². The molecular weight excluding hydrogens is 232 g/mol. The van der Waals surface area contributed by atoms with Crippen LogP contribution < -0.4 is 5.73 Å². The molecule has 0 heterocycles. The fraction of sp³-hybridized carbons (Fsp3) is 1.00. The van der Waals surface area contributed by atoms with E-state index in [9.17, 15) is 0 Å². The first-order chi connectivity index (χ1) is 9.03. The van der Waals surface area contributed by atoms with E-state index < -0.39 is 0 Å². The van der Waals surface area contributed by atoms with Crippen LogP contribution in [0.1, 0.15) is 65.7 Å². The fourth-order valence-corrected chi connectivity index (χ4v) is 4.87. The molecule has 0 spiro atoms. The lowest BCUT2D eigenvalue weighted by molar-refractivity contribution is -0.0423. The summed E-state index contributed by atoms with van der Waals surface area (Å²) >= 11 is 0.